The van der Waals surface area contributed by atoms with Crippen molar-refractivity contribution in [2.45, 2.75) is 70.1 Å². The van der Waals surface area contributed by atoms with Crippen LogP contribution < -0.4 is 33.2 Å². The number of fused-ring (bicyclic) bond motifs is 1. The van der Waals surface area contributed by atoms with Gasteiger partial charge in [-0.25, -0.2) is 4.79 Å². The molecule has 5 atom stereocenters. The van der Waals surface area contributed by atoms with Crippen LogP contribution in [0.15, 0.2) is 30.5 Å². The van der Waals surface area contributed by atoms with Gasteiger partial charge in [-0.1, -0.05) is 38.5 Å². The molecule has 0 saturated heterocycles. The van der Waals surface area contributed by atoms with Crippen molar-refractivity contribution in [1.29, 1.82) is 0 Å². The lowest BCUT2D eigenvalue weighted by Crippen LogP contribution is -2.58. The van der Waals surface area contributed by atoms with Gasteiger partial charge in [-0.15, -0.1) is 0 Å². The number of aliphatic carboxylic acids is 1. The molecule has 2 rings (SSSR count). The fourth-order valence-corrected chi connectivity index (χ4v) is 4.06. The van der Waals surface area contributed by atoms with E-state index in [9.17, 15) is 33.9 Å². The molecule has 11 N–H and O–H groups in total. The van der Waals surface area contributed by atoms with Gasteiger partial charge in [0.15, 0.2) is 0 Å². The number of benzene rings is 1. The number of aromatic nitrogens is 1. The highest BCUT2D eigenvalue weighted by atomic mass is 16.4. The average molecular weight is 560 g/mol. The monoisotopic (exact) mass is 559 g/mol. The van der Waals surface area contributed by atoms with Crippen LogP contribution in [0, 0.1) is 5.92 Å². The van der Waals surface area contributed by atoms with Crippen LogP contribution in [-0.2, 0) is 35.2 Å². The second-order valence-corrected chi connectivity index (χ2v) is 9.68. The van der Waals surface area contributed by atoms with Gasteiger partial charge in [-0.2, -0.15) is 0 Å². The minimum atomic E-state index is -1.49. The summed E-state index contributed by atoms with van der Waals surface area (Å²) >= 11 is 0. The number of aromatic amines is 1. The number of carboxylic acids is 1. The van der Waals surface area contributed by atoms with E-state index < -0.39 is 72.0 Å². The van der Waals surface area contributed by atoms with Gasteiger partial charge in [0.25, 0.3) is 0 Å². The minimum Gasteiger partial charge on any atom is -0.480 e. The Morgan fingerprint density at radius 3 is 2.15 bits per heavy atom. The summed E-state index contributed by atoms with van der Waals surface area (Å²) in [7, 11) is 0. The lowest BCUT2D eigenvalue weighted by atomic mass is 9.98. The summed E-state index contributed by atoms with van der Waals surface area (Å²) in [6.45, 7) is 3.45. The predicted octanol–water partition coefficient (Wildman–Crippen LogP) is -1.24. The molecule has 0 aliphatic heterocycles. The summed E-state index contributed by atoms with van der Waals surface area (Å²) in [5.41, 5.74) is 17.6. The molecule has 0 spiro atoms. The highest BCUT2D eigenvalue weighted by Gasteiger charge is 2.33. The highest BCUT2D eigenvalue weighted by Crippen LogP contribution is 2.19. The Balaban J connectivity index is 2.32. The first-order valence-electron chi connectivity index (χ1n) is 12.8. The third-order valence-electron chi connectivity index (χ3n) is 6.59. The van der Waals surface area contributed by atoms with Crippen LogP contribution in [-0.4, -0.2) is 69.8 Å². The largest absolute Gasteiger partial charge is 0.480 e. The normalized spacial score (nSPS) is 14.8. The van der Waals surface area contributed by atoms with Crippen LogP contribution in [0.3, 0.4) is 0 Å². The third kappa shape index (κ3) is 9.08. The van der Waals surface area contributed by atoms with Crippen molar-refractivity contribution < 1.29 is 33.9 Å². The van der Waals surface area contributed by atoms with Gasteiger partial charge < -0.3 is 43.2 Å². The zero-order valence-electron chi connectivity index (χ0n) is 22.4. The summed E-state index contributed by atoms with van der Waals surface area (Å²) in [4.78, 5) is 76.8. The van der Waals surface area contributed by atoms with E-state index in [4.69, 9.17) is 17.2 Å². The molecule has 218 valence electrons. The van der Waals surface area contributed by atoms with E-state index in [1.807, 2.05) is 18.2 Å². The summed E-state index contributed by atoms with van der Waals surface area (Å²) < 4.78 is 0. The molecule has 0 aliphatic carbocycles. The van der Waals surface area contributed by atoms with Crippen LogP contribution in [0.2, 0.25) is 0 Å². The first kappa shape index (κ1) is 31.8. The van der Waals surface area contributed by atoms with Crippen LogP contribution in [0.25, 0.3) is 10.9 Å². The maximum absolute atomic E-state index is 13.4. The Morgan fingerprint density at radius 1 is 0.925 bits per heavy atom. The van der Waals surface area contributed by atoms with Crippen molar-refractivity contribution in [3.8, 4) is 0 Å². The predicted molar refractivity (Wildman–Crippen MR) is 145 cm³/mol. The maximum Gasteiger partial charge on any atom is 0.326 e. The van der Waals surface area contributed by atoms with Crippen LogP contribution in [0.1, 0.15) is 45.1 Å². The van der Waals surface area contributed by atoms with Crippen molar-refractivity contribution >= 4 is 46.4 Å². The molecule has 0 aliphatic rings. The first-order chi connectivity index (χ1) is 18.8. The fourth-order valence-electron chi connectivity index (χ4n) is 4.06. The van der Waals surface area contributed by atoms with Gasteiger partial charge in [-0.3, -0.25) is 24.0 Å². The zero-order chi connectivity index (χ0) is 30.0. The number of H-pyrrole nitrogens is 1. The van der Waals surface area contributed by atoms with Gasteiger partial charge in [-0.05, 0) is 24.0 Å². The van der Waals surface area contributed by atoms with Crippen molar-refractivity contribution in [2.24, 2.45) is 23.1 Å². The maximum atomic E-state index is 13.4. The minimum absolute atomic E-state index is 0.0379. The number of nitrogens with two attached hydrogens (primary N) is 3. The summed E-state index contributed by atoms with van der Waals surface area (Å²) in [5, 5.41) is 17.8. The molecule has 5 amide bonds. The SMILES string of the molecule is CCC(C)C(NC(=O)C(Cc1c[nH]c2ccccc12)NC(=O)C(CC(N)=O)NC(=O)C(N)CCC(N)=O)C(=O)O. The summed E-state index contributed by atoms with van der Waals surface area (Å²) in [5.74, 6) is -5.73. The molecule has 1 aromatic heterocycles. The summed E-state index contributed by atoms with van der Waals surface area (Å²) in [6.07, 6.45) is 1.23. The molecular formula is C26H37N7O7. The highest BCUT2D eigenvalue weighted by molar-refractivity contribution is 5.96. The van der Waals surface area contributed by atoms with Crippen molar-refractivity contribution in [3.63, 3.8) is 0 Å². The number of rotatable bonds is 16. The topological polar surface area (TPSA) is 253 Å². The van der Waals surface area contributed by atoms with E-state index in [0.29, 0.717) is 12.0 Å². The number of primary amides is 2. The van der Waals surface area contributed by atoms with E-state index in [0.717, 1.165) is 10.9 Å². The molecule has 5 unspecified atom stereocenters. The lowest BCUT2D eigenvalue weighted by molar-refractivity contribution is -0.144. The third-order valence-corrected chi connectivity index (χ3v) is 6.59. The number of amides is 5. The van der Waals surface area contributed by atoms with E-state index in [1.165, 1.54) is 0 Å². The average Bonchev–Trinajstić information content (AvgIpc) is 3.31. The number of nitrogens with one attached hydrogen (secondary N) is 4. The van der Waals surface area contributed by atoms with Gasteiger partial charge in [0, 0.05) is 29.9 Å². The summed E-state index contributed by atoms with van der Waals surface area (Å²) in [6, 6.07) is 2.08. The molecule has 14 heteroatoms. The molecular weight excluding hydrogens is 522 g/mol. The van der Waals surface area contributed by atoms with E-state index in [-0.39, 0.29) is 19.3 Å². The Morgan fingerprint density at radius 2 is 1.55 bits per heavy atom. The van der Waals surface area contributed by atoms with Crippen molar-refractivity contribution in [3.05, 3.63) is 36.0 Å². The number of carbonyl (C=O) groups excluding carboxylic acids is 5. The second kappa shape index (κ2) is 14.6. The standard InChI is InChI=1S/C26H37N7O7/c1-3-13(2)22(26(39)40)33-25(38)18(10-14-12-30-17-7-5-4-6-15(14)17)32-24(37)19(11-21(29)35)31-23(36)16(27)8-9-20(28)34/h4-7,12-13,16,18-19,22,30H,3,8-11,27H2,1-2H3,(H2,28,34)(H2,29,35)(H,31,36)(H,32,37)(H,33,38)(H,39,40). The van der Waals surface area contributed by atoms with Crippen molar-refractivity contribution in [1.82, 2.24) is 20.9 Å². The number of para-hydroxylation sites is 1. The number of hydrogen-bond acceptors (Lipinski definition) is 7. The van der Waals surface area contributed by atoms with Gasteiger partial charge in [0.2, 0.25) is 29.5 Å². The zero-order valence-corrected chi connectivity index (χ0v) is 22.4. The van der Waals surface area contributed by atoms with Crippen LogP contribution >= 0.6 is 0 Å². The Kier molecular flexibility index (Phi) is 11.6. The molecule has 1 heterocycles. The van der Waals surface area contributed by atoms with Crippen LogP contribution in [0.4, 0.5) is 0 Å². The molecule has 2 aromatic rings. The Bertz CT molecular complexity index is 1240. The Labute approximate surface area is 230 Å². The molecule has 14 nitrogen and oxygen atoms in total. The molecule has 0 saturated carbocycles. The smallest absolute Gasteiger partial charge is 0.326 e. The fraction of sp³-hybridized carbons (Fsp3) is 0.462. The molecule has 0 fully saturated rings. The molecule has 1 aromatic carbocycles. The second-order valence-electron chi connectivity index (χ2n) is 9.68. The van der Waals surface area contributed by atoms with E-state index in [2.05, 4.69) is 20.9 Å². The first-order valence-corrected chi connectivity index (χ1v) is 12.8. The molecule has 40 heavy (non-hydrogen) atoms. The number of carbonyl (C=O) groups is 6. The van der Waals surface area contributed by atoms with E-state index in [1.54, 1.807) is 26.1 Å². The Hall–Kier alpha value is -4.46. The van der Waals surface area contributed by atoms with E-state index >= 15 is 0 Å². The lowest BCUT2D eigenvalue weighted by Gasteiger charge is -2.26. The van der Waals surface area contributed by atoms with Crippen molar-refractivity contribution in [2.75, 3.05) is 0 Å². The molecule has 0 bridgehead atoms. The van der Waals surface area contributed by atoms with Gasteiger partial charge in [0.05, 0.1) is 12.5 Å². The van der Waals surface area contributed by atoms with Gasteiger partial charge in [0.1, 0.15) is 18.1 Å². The number of carboxylic acid groups (broad SMARTS) is 1. The quantitative estimate of drug-likeness (QED) is 0.123. The molecule has 0 radical (unpaired) electrons. The van der Waals surface area contributed by atoms with Crippen LogP contribution in [0.5, 0.6) is 0 Å². The van der Waals surface area contributed by atoms with Gasteiger partial charge >= 0.3 is 5.97 Å². The number of hydrogen-bond donors (Lipinski definition) is 8.